The Labute approximate surface area is 81.4 Å². The minimum atomic E-state index is -1.09. The highest BCUT2D eigenvalue weighted by molar-refractivity contribution is 5.92. The highest BCUT2D eigenvalue weighted by Gasteiger charge is 2.17. The van der Waals surface area contributed by atoms with E-state index in [4.69, 9.17) is 5.11 Å². The Morgan fingerprint density at radius 2 is 2.07 bits per heavy atom. The molecule has 0 bridgehead atoms. The molecule has 0 unspecified atom stereocenters. The second kappa shape index (κ2) is 3.21. The molecule has 0 spiro atoms. The molecule has 0 aromatic heterocycles. The molecule has 1 aliphatic rings. The topological polar surface area (TPSA) is 60.8 Å². The molecule has 0 radical (unpaired) electrons. The number of benzene rings is 1. The van der Waals surface area contributed by atoms with Gasteiger partial charge < -0.3 is 15.1 Å². The van der Waals surface area contributed by atoms with Crippen LogP contribution in [0.1, 0.15) is 16.8 Å². The average Bonchev–Trinajstić information content (AvgIpc) is 2.04. The lowest BCUT2D eigenvalue weighted by Crippen LogP contribution is -2.37. The van der Waals surface area contributed by atoms with Gasteiger partial charge in [-0.25, -0.2) is 4.79 Å². The zero-order valence-electron chi connectivity index (χ0n) is 7.60. The molecule has 1 heterocycles. The third-order valence-electron chi connectivity index (χ3n) is 2.43. The molecule has 1 aromatic carbocycles. The standard InChI is InChI=1S/C10H11NO3/c12-9-3-2-7(11-4-1-5-11)6-8(9)10(13)14/h2-3,6,12H,1,4-5H2,(H,13,14). The zero-order chi connectivity index (χ0) is 10.1. The largest absolute Gasteiger partial charge is 0.507 e. The highest BCUT2D eigenvalue weighted by atomic mass is 16.4. The average molecular weight is 193 g/mol. The minimum absolute atomic E-state index is 0.0330. The van der Waals surface area contributed by atoms with Crippen molar-refractivity contribution in [1.29, 1.82) is 0 Å². The Kier molecular flexibility index (Phi) is 2.04. The van der Waals surface area contributed by atoms with E-state index in [0.29, 0.717) is 0 Å². The molecular weight excluding hydrogens is 182 g/mol. The van der Waals surface area contributed by atoms with Crippen molar-refractivity contribution in [1.82, 2.24) is 0 Å². The number of carboxylic acid groups (broad SMARTS) is 1. The van der Waals surface area contributed by atoms with E-state index in [-0.39, 0.29) is 11.3 Å². The fourth-order valence-electron chi connectivity index (χ4n) is 1.47. The lowest BCUT2D eigenvalue weighted by atomic mass is 10.1. The summed E-state index contributed by atoms with van der Waals surface area (Å²) in [5.74, 6) is -1.27. The van der Waals surface area contributed by atoms with Crippen LogP contribution in [0, 0.1) is 0 Å². The van der Waals surface area contributed by atoms with Crippen molar-refractivity contribution in [2.75, 3.05) is 18.0 Å². The molecule has 74 valence electrons. The van der Waals surface area contributed by atoms with Gasteiger partial charge in [-0.1, -0.05) is 0 Å². The van der Waals surface area contributed by atoms with Crippen molar-refractivity contribution >= 4 is 11.7 Å². The van der Waals surface area contributed by atoms with E-state index in [1.54, 1.807) is 6.07 Å². The third-order valence-corrected chi connectivity index (χ3v) is 2.43. The molecule has 0 atom stereocenters. The molecule has 4 heteroatoms. The first-order valence-corrected chi connectivity index (χ1v) is 4.50. The van der Waals surface area contributed by atoms with Crippen LogP contribution in [0.15, 0.2) is 18.2 Å². The number of anilines is 1. The Morgan fingerprint density at radius 3 is 2.57 bits per heavy atom. The van der Waals surface area contributed by atoms with Crippen LogP contribution in [0.5, 0.6) is 5.75 Å². The number of hydrogen-bond acceptors (Lipinski definition) is 3. The normalized spacial score (nSPS) is 15.0. The Hall–Kier alpha value is -1.71. The number of aromatic hydroxyl groups is 1. The predicted octanol–water partition coefficient (Wildman–Crippen LogP) is 1.30. The van der Waals surface area contributed by atoms with Gasteiger partial charge in [0.2, 0.25) is 0 Å². The summed E-state index contributed by atoms with van der Waals surface area (Å²) in [6, 6.07) is 4.68. The zero-order valence-corrected chi connectivity index (χ0v) is 7.60. The van der Waals surface area contributed by atoms with Crippen LogP contribution >= 0.6 is 0 Å². The van der Waals surface area contributed by atoms with Gasteiger partial charge in [0.15, 0.2) is 0 Å². The molecule has 4 nitrogen and oxygen atoms in total. The highest BCUT2D eigenvalue weighted by Crippen LogP contribution is 2.26. The fraction of sp³-hybridized carbons (Fsp3) is 0.300. The number of rotatable bonds is 2. The van der Waals surface area contributed by atoms with Gasteiger partial charge in [0.05, 0.1) is 0 Å². The minimum Gasteiger partial charge on any atom is -0.507 e. The van der Waals surface area contributed by atoms with Crippen LogP contribution in [0.25, 0.3) is 0 Å². The van der Waals surface area contributed by atoms with Crippen molar-refractivity contribution in [2.24, 2.45) is 0 Å². The van der Waals surface area contributed by atoms with Crippen LogP contribution in [0.3, 0.4) is 0 Å². The summed E-state index contributed by atoms with van der Waals surface area (Å²) in [6.07, 6.45) is 1.14. The maximum absolute atomic E-state index is 10.7. The van der Waals surface area contributed by atoms with Gasteiger partial charge in [-0.2, -0.15) is 0 Å². The summed E-state index contributed by atoms with van der Waals surface area (Å²) < 4.78 is 0. The van der Waals surface area contributed by atoms with Crippen molar-refractivity contribution in [2.45, 2.75) is 6.42 Å². The molecule has 1 aromatic rings. The summed E-state index contributed by atoms with van der Waals surface area (Å²) in [6.45, 7) is 1.92. The number of phenols is 1. The number of hydrogen-bond donors (Lipinski definition) is 2. The van der Waals surface area contributed by atoms with E-state index in [9.17, 15) is 9.90 Å². The summed E-state index contributed by atoms with van der Waals surface area (Å²) in [4.78, 5) is 12.8. The number of aromatic carboxylic acids is 1. The maximum atomic E-state index is 10.7. The molecule has 1 saturated heterocycles. The Bertz CT molecular complexity index is 372. The number of carboxylic acids is 1. The summed E-state index contributed by atoms with van der Waals surface area (Å²) in [5.41, 5.74) is 0.834. The summed E-state index contributed by atoms with van der Waals surface area (Å²) in [5, 5.41) is 18.1. The molecule has 0 aliphatic carbocycles. The van der Waals surface area contributed by atoms with E-state index in [2.05, 4.69) is 4.90 Å². The first kappa shape index (κ1) is 8.87. The quantitative estimate of drug-likeness (QED) is 0.743. The predicted molar refractivity (Wildman–Crippen MR) is 51.9 cm³/mol. The lowest BCUT2D eigenvalue weighted by molar-refractivity contribution is 0.0694. The molecule has 1 aliphatic heterocycles. The van der Waals surface area contributed by atoms with Crippen molar-refractivity contribution < 1.29 is 15.0 Å². The second-order valence-corrected chi connectivity index (χ2v) is 3.35. The fourth-order valence-corrected chi connectivity index (χ4v) is 1.47. The lowest BCUT2D eigenvalue weighted by Gasteiger charge is -2.33. The number of nitrogens with zero attached hydrogens (tertiary/aromatic N) is 1. The van der Waals surface area contributed by atoms with Gasteiger partial charge in [0.1, 0.15) is 11.3 Å². The first-order chi connectivity index (χ1) is 6.68. The van der Waals surface area contributed by atoms with E-state index in [1.807, 2.05) is 0 Å². The van der Waals surface area contributed by atoms with Crippen LogP contribution in [0.4, 0.5) is 5.69 Å². The van der Waals surface area contributed by atoms with Crippen LogP contribution in [-0.4, -0.2) is 29.3 Å². The molecule has 0 amide bonds. The molecule has 2 N–H and O–H groups in total. The van der Waals surface area contributed by atoms with Crippen LogP contribution in [0.2, 0.25) is 0 Å². The molecule has 0 saturated carbocycles. The van der Waals surface area contributed by atoms with E-state index < -0.39 is 5.97 Å². The molecule has 2 rings (SSSR count). The van der Waals surface area contributed by atoms with Crippen LogP contribution in [-0.2, 0) is 0 Å². The first-order valence-electron chi connectivity index (χ1n) is 4.50. The number of carbonyl (C=O) groups is 1. The smallest absolute Gasteiger partial charge is 0.339 e. The van der Waals surface area contributed by atoms with Crippen molar-refractivity contribution in [3.05, 3.63) is 23.8 Å². The second-order valence-electron chi connectivity index (χ2n) is 3.35. The SMILES string of the molecule is O=C(O)c1cc(N2CCC2)ccc1O. The van der Waals surface area contributed by atoms with Crippen molar-refractivity contribution in [3.63, 3.8) is 0 Å². The third kappa shape index (κ3) is 1.39. The summed E-state index contributed by atoms with van der Waals surface area (Å²) >= 11 is 0. The van der Waals surface area contributed by atoms with Gasteiger partial charge in [-0.05, 0) is 24.6 Å². The van der Waals surface area contributed by atoms with Gasteiger partial charge in [0, 0.05) is 18.8 Å². The van der Waals surface area contributed by atoms with E-state index in [1.165, 1.54) is 12.1 Å². The van der Waals surface area contributed by atoms with Crippen LogP contribution < -0.4 is 4.90 Å². The molecule has 14 heavy (non-hydrogen) atoms. The summed E-state index contributed by atoms with van der Waals surface area (Å²) in [7, 11) is 0. The maximum Gasteiger partial charge on any atom is 0.339 e. The van der Waals surface area contributed by atoms with E-state index in [0.717, 1.165) is 25.2 Å². The van der Waals surface area contributed by atoms with Gasteiger partial charge in [-0.15, -0.1) is 0 Å². The Morgan fingerprint density at radius 1 is 1.36 bits per heavy atom. The van der Waals surface area contributed by atoms with Gasteiger partial charge in [0.25, 0.3) is 0 Å². The monoisotopic (exact) mass is 193 g/mol. The van der Waals surface area contributed by atoms with Crippen molar-refractivity contribution in [3.8, 4) is 5.75 Å². The molecular formula is C10H11NO3. The van der Waals surface area contributed by atoms with E-state index >= 15 is 0 Å². The van der Waals surface area contributed by atoms with Gasteiger partial charge in [-0.3, -0.25) is 0 Å². The Balaban J connectivity index is 2.34. The molecule has 1 fully saturated rings. The van der Waals surface area contributed by atoms with Gasteiger partial charge >= 0.3 is 5.97 Å².